The number of nitrogens with zero attached hydrogens (tertiary/aromatic N) is 1. The molecule has 0 bridgehead atoms. The third-order valence-corrected chi connectivity index (χ3v) is 3.87. The van der Waals surface area contributed by atoms with E-state index in [1.807, 2.05) is 0 Å². The third-order valence-electron chi connectivity index (χ3n) is 3.87. The molecule has 2 heteroatoms. The molecule has 0 amide bonds. The van der Waals surface area contributed by atoms with Gasteiger partial charge < -0.3 is 10.2 Å². The quantitative estimate of drug-likeness (QED) is 0.861. The first kappa shape index (κ1) is 15.6. The van der Waals surface area contributed by atoms with E-state index in [1.165, 1.54) is 22.4 Å². The van der Waals surface area contributed by atoms with E-state index in [9.17, 15) is 0 Å². The number of nitrogens with one attached hydrogen (secondary N) is 1. The molecule has 0 saturated carbocycles. The predicted octanol–water partition coefficient (Wildman–Crippen LogP) is 4.01. The van der Waals surface area contributed by atoms with E-state index >= 15 is 0 Å². The Morgan fingerprint density at radius 1 is 0.857 bits per heavy atom. The maximum atomic E-state index is 3.59. The van der Waals surface area contributed by atoms with Crippen LogP contribution in [-0.4, -0.2) is 20.6 Å². The van der Waals surface area contributed by atoms with E-state index < -0.39 is 0 Å². The van der Waals surface area contributed by atoms with Gasteiger partial charge >= 0.3 is 0 Å². The highest BCUT2D eigenvalue weighted by molar-refractivity contribution is 5.47. The van der Waals surface area contributed by atoms with Crippen LogP contribution in [0.3, 0.4) is 0 Å². The largest absolute Gasteiger partial charge is 0.378 e. The molecule has 2 aromatic rings. The molecule has 1 atom stereocenters. The van der Waals surface area contributed by atoms with Gasteiger partial charge in [0.1, 0.15) is 0 Å². The zero-order valence-corrected chi connectivity index (χ0v) is 13.6. The Morgan fingerprint density at radius 2 is 1.38 bits per heavy atom. The molecule has 1 N–H and O–H groups in total. The summed E-state index contributed by atoms with van der Waals surface area (Å²) in [4.78, 5) is 2.13. The lowest BCUT2D eigenvalue weighted by molar-refractivity contribution is 0.630. The van der Waals surface area contributed by atoms with Crippen LogP contribution in [0.1, 0.15) is 36.6 Å². The molecule has 0 saturated heterocycles. The molecule has 2 rings (SSSR count). The second-order valence-corrected chi connectivity index (χ2v) is 5.57. The average Bonchev–Trinajstić information content (AvgIpc) is 2.53. The fourth-order valence-electron chi connectivity index (χ4n) is 2.54. The van der Waals surface area contributed by atoms with Gasteiger partial charge in [-0.05, 0) is 41.8 Å². The number of rotatable bonds is 6. The highest BCUT2D eigenvalue weighted by Crippen LogP contribution is 2.24. The van der Waals surface area contributed by atoms with Crippen molar-refractivity contribution in [2.45, 2.75) is 26.3 Å². The van der Waals surface area contributed by atoms with Crippen molar-refractivity contribution in [2.24, 2.45) is 0 Å². The maximum Gasteiger partial charge on any atom is 0.0576 e. The van der Waals surface area contributed by atoms with Gasteiger partial charge in [-0.1, -0.05) is 50.2 Å². The Kier molecular flexibility index (Phi) is 5.40. The molecule has 0 aromatic heterocycles. The van der Waals surface area contributed by atoms with Gasteiger partial charge in [-0.25, -0.2) is 0 Å². The third kappa shape index (κ3) is 3.85. The van der Waals surface area contributed by atoms with Crippen molar-refractivity contribution in [3.05, 3.63) is 65.2 Å². The van der Waals surface area contributed by atoms with Gasteiger partial charge in [0.05, 0.1) is 6.04 Å². The van der Waals surface area contributed by atoms with Gasteiger partial charge in [-0.2, -0.15) is 0 Å². The summed E-state index contributed by atoms with van der Waals surface area (Å²) >= 11 is 0. The lowest BCUT2D eigenvalue weighted by atomic mass is 9.97. The van der Waals surface area contributed by atoms with Crippen molar-refractivity contribution in [3.63, 3.8) is 0 Å². The molecule has 0 aliphatic carbocycles. The molecule has 1 unspecified atom stereocenters. The van der Waals surface area contributed by atoms with E-state index in [2.05, 4.69) is 86.7 Å². The summed E-state index contributed by atoms with van der Waals surface area (Å²) in [6.07, 6.45) is 1.09. The van der Waals surface area contributed by atoms with E-state index in [0.717, 1.165) is 13.0 Å². The minimum atomic E-state index is 0.261. The fourth-order valence-corrected chi connectivity index (χ4v) is 2.54. The van der Waals surface area contributed by atoms with Crippen LogP contribution in [0.15, 0.2) is 48.5 Å². The monoisotopic (exact) mass is 282 g/mol. The molecule has 21 heavy (non-hydrogen) atoms. The zero-order chi connectivity index (χ0) is 15.2. The lowest BCUT2D eigenvalue weighted by Gasteiger charge is -2.20. The van der Waals surface area contributed by atoms with Crippen LogP contribution in [-0.2, 0) is 6.42 Å². The summed E-state index contributed by atoms with van der Waals surface area (Å²) < 4.78 is 0. The van der Waals surface area contributed by atoms with E-state index in [1.54, 1.807) is 0 Å². The van der Waals surface area contributed by atoms with Crippen molar-refractivity contribution in [1.29, 1.82) is 0 Å². The molecule has 2 nitrogen and oxygen atoms in total. The van der Waals surface area contributed by atoms with E-state index in [4.69, 9.17) is 0 Å². The van der Waals surface area contributed by atoms with Crippen LogP contribution in [0.4, 0.5) is 5.69 Å². The summed E-state index contributed by atoms with van der Waals surface area (Å²) in [6, 6.07) is 18.0. The van der Waals surface area contributed by atoms with Gasteiger partial charge in [0.15, 0.2) is 0 Å². The lowest BCUT2D eigenvalue weighted by Crippen LogP contribution is -2.22. The van der Waals surface area contributed by atoms with Gasteiger partial charge in [-0.3, -0.25) is 0 Å². The highest BCUT2D eigenvalue weighted by Gasteiger charge is 2.12. The SMILES string of the molecule is CCNC(c1ccc(CC)cc1)c1ccc(N(C)C)cc1. The summed E-state index contributed by atoms with van der Waals surface area (Å²) in [5, 5.41) is 3.59. The Labute approximate surface area is 128 Å². The molecular formula is C19H26N2. The molecule has 0 spiro atoms. The summed E-state index contributed by atoms with van der Waals surface area (Å²) in [6.45, 7) is 5.30. The average molecular weight is 282 g/mol. The van der Waals surface area contributed by atoms with Gasteiger partial charge in [0.25, 0.3) is 0 Å². The van der Waals surface area contributed by atoms with Crippen molar-refractivity contribution in [3.8, 4) is 0 Å². The van der Waals surface area contributed by atoms with E-state index in [-0.39, 0.29) is 6.04 Å². The molecule has 0 radical (unpaired) electrons. The Morgan fingerprint density at radius 3 is 1.81 bits per heavy atom. The number of benzene rings is 2. The van der Waals surface area contributed by atoms with Crippen molar-refractivity contribution < 1.29 is 0 Å². The van der Waals surface area contributed by atoms with Crippen LogP contribution in [0.25, 0.3) is 0 Å². The molecule has 0 aliphatic heterocycles. The number of hydrogen-bond donors (Lipinski definition) is 1. The van der Waals surface area contributed by atoms with Gasteiger partial charge in [0, 0.05) is 19.8 Å². The number of aryl methyl sites for hydroxylation is 1. The first-order valence-electron chi connectivity index (χ1n) is 7.75. The first-order chi connectivity index (χ1) is 10.2. The predicted molar refractivity (Wildman–Crippen MR) is 92.1 cm³/mol. The van der Waals surface area contributed by atoms with Gasteiger partial charge in [0.2, 0.25) is 0 Å². The Bertz CT molecular complexity index is 541. The normalized spacial score (nSPS) is 12.2. The second kappa shape index (κ2) is 7.28. The topological polar surface area (TPSA) is 15.3 Å². The summed E-state index contributed by atoms with van der Waals surface area (Å²) in [7, 11) is 4.14. The fraction of sp³-hybridized carbons (Fsp3) is 0.368. The van der Waals surface area contributed by atoms with E-state index in [0.29, 0.717) is 0 Å². The van der Waals surface area contributed by atoms with Crippen LogP contribution in [0, 0.1) is 0 Å². The Hall–Kier alpha value is -1.80. The van der Waals surface area contributed by atoms with Gasteiger partial charge in [-0.15, -0.1) is 0 Å². The summed E-state index contributed by atoms with van der Waals surface area (Å²) in [5.41, 5.74) is 5.26. The van der Waals surface area contributed by atoms with Crippen LogP contribution >= 0.6 is 0 Å². The Balaban J connectivity index is 2.28. The molecular weight excluding hydrogens is 256 g/mol. The number of hydrogen-bond acceptors (Lipinski definition) is 2. The van der Waals surface area contributed by atoms with Crippen LogP contribution in [0.5, 0.6) is 0 Å². The second-order valence-electron chi connectivity index (χ2n) is 5.57. The van der Waals surface area contributed by atoms with Crippen LogP contribution < -0.4 is 10.2 Å². The standard InChI is InChI=1S/C19H26N2/c1-5-15-7-9-16(10-8-15)19(20-6-2)17-11-13-18(14-12-17)21(3)4/h7-14,19-20H,5-6H2,1-4H3. The minimum absolute atomic E-state index is 0.261. The molecule has 0 aliphatic rings. The molecule has 112 valence electrons. The van der Waals surface area contributed by atoms with Crippen molar-refractivity contribution in [1.82, 2.24) is 5.32 Å². The zero-order valence-electron chi connectivity index (χ0n) is 13.6. The summed E-state index contributed by atoms with van der Waals surface area (Å²) in [5.74, 6) is 0. The highest BCUT2D eigenvalue weighted by atomic mass is 15.1. The van der Waals surface area contributed by atoms with Crippen molar-refractivity contribution in [2.75, 3.05) is 25.5 Å². The number of anilines is 1. The minimum Gasteiger partial charge on any atom is -0.378 e. The molecule has 0 fully saturated rings. The molecule has 2 aromatic carbocycles. The maximum absolute atomic E-state index is 3.59. The van der Waals surface area contributed by atoms with Crippen LogP contribution in [0.2, 0.25) is 0 Å². The smallest absolute Gasteiger partial charge is 0.0576 e. The van der Waals surface area contributed by atoms with Crippen molar-refractivity contribution >= 4 is 5.69 Å². The molecule has 0 heterocycles. The first-order valence-corrected chi connectivity index (χ1v) is 7.75.